The zero-order valence-corrected chi connectivity index (χ0v) is 19.5. The van der Waals surface area contributed by atoms with Crippen molar-refractivity contribution in [3.05, 3.63) is 89.5 Å². The Morgan fingerprint density at radius 3 is 2.29 bits per heavy atom. The van der Waals surface area contributed by atoms with Gasteiger partial charge in [-0.1, -0.05) is 12.1 Å². The molecule has 0 saturated carbocycles. The predicted molar refractivity (Wildman–Crippen MR) is 133 cm³/mol. The van der Waals surface area contributed by atoms with Crippen LogP contribution in [0, 0.1) is 0 Å². The van der Waals surface area contributed by atoms with Crippen LogP contribution in [0.4, 0.5) is 5.69 Å². The lowest BCUT2D eigenvalue weighted by molar-refractivity contribution is 0.104. The fourth-order valence-electron chi connectivity index (χ4n) is 3.77. The van der Waals surface area contributed by atoms with E-state index in [4.69, 9.17) is 18.9 Å². The first-order chi connectivity index (χ1) is 16.7. The minimum atomic E-state index is -0.0413. The second-order valence-electron chi connectivity index (χ2n) is 7.88. The number of hydrogen-bond acceptors (Lipinski definition) is 6. The van der Waals surface area contributed by atoms with E-state index in [-0.39, 0.29) is 5.78 Å². The summed E-state index contributed by atoms with van der Waals surface area (Å²) in [5, 5.41) is 0. The number of morpholine rings is 1. The van der Waals surface area contributed by atoms with Crippen LogP contribution in [0.5, 0.6) is 17.2 Å². The second kappa shape index (κ2) is 11.4. The monoisotopic (exact) mass is 459 g/mol. The van der Waals surface area contributed by atoms with E-state index in [1.165, 1.54) is 0 Å². The van der Waals surface area contributed by atoms with Gasteiger partial charge in [-0.25, -0.2) is 0 Å². The average molecular weight is 460 g/mol. The quantitative estimate of drug-likeness (QED) is 0.331. The highest BCUT2D eigenvalue weighted by molar-refractivity contribution is 6.07. The molecule has 34 heavy (non-hydrogen) atoms. The number of ether oxygens (including phenoxy) is 4. The number of rotatable bonds is 9. The van der Waals surface area contributed by atoms with Gasteiger partial charge in [0.2, 0.25) is 0 Å². The highest BCUT2D eigenvalue weighted by Crippen LogP contribution is 2.24. The maximum absolute atomic E-state index is 12.7. The topological polar surface area (TPSA) is 57.2 Å². The Morgan fingerprint density at radius 2 is 1.62 bits per heavy atom. The van der Waals surface area contributed by atoms with Crippen molar-refractivity contribution in [3.8, 4) is 17.2 Å². The zero-order chi connectivity index (χ0) is 23.8. The average Bonchev–Trinajstić information content (AvgIpc) is 2.91. The molecule has 0 amide bonds. The van der Waals surface area contributed by atoms with Crippen molar-refractivity contribution in [1.29, 1.82) is 0 Å². The van der Waals surface area contributed by atoms with Crippen molar-refractivity contribution >= 4 is 17.5 Å². The standard InChI is InChI=1S/C28H29NO5/c1-31-25-9-11-26(12-10-25)34-20-23-19-21(4-14-28(23)32-2)3-13-27(30)22-5-7-24(8-6-22)29-15-17-33-18-16-29/h3-14,19H,15-18,20H2,1-2H3/b13-3+. The Morgan fingerprint density at radius 1 is 0.912 bits per heavy atom. The van der Waals surface area contributed by atoms with Gasteiger partial charge in [0.25, 0.3) is 0 Å². The molecule has 3 aromatic rings. The van der Waals surface area contributed by atoms with Gasteiger partial charge in [0.05, 0.1) is 27.4 Å². The van der Waals surface area contributed by atoms with Gasteiger partial charge in [-0.15, -0.1) is 0 Å². The molecular formula is C28H29NO5. The lowest BCUT2D eigenvalue weighted by Crippen LogP contribution is -2.36. The van der Waals surface area contributed by atoms with E-state index in [0.29, 0.717) is 12.2 Å². The molecule has 176 valence electrons. The summed E-state index contributed by atoms with van der Waals surface area (Å²) in [5.41, 5.74) is 3.56. The van der Waals surface area contributed by atoms with E-state index in [2.05, 4.69) is 4.90 Å². The molecule has 6 nitrogen and oxygen atoms in total. The van der Waals surface area contributed by atoms with E-state index in [0.717, 1.165) is 60.4 Å². The first-order valence-corrected chi connectivity index (χ1v) is 11.3. The number of methoxy groups -OCH3 is 2. The minimum absolute atomic E-state index is 0.0413. The third kappa shape index (κ3) is 5.97. The Kier molecular flexibility index (Phi) is 7.83. The number of hydrogen-bond donors (Lipinski definition) is 0. The minimum Gasteiger partial charge on any atom is -0.497 e. The summed E-state index contributed by atoms with van der Waals surface area (Å²) in [6.45, 7) is 3.55. The molecule has 1 saturated heterocycles. The number of benzene rings is 3. The third-order valence-corrected chi connectivity index (χ3v) is 5.71. The molecule has 1 aliphatic heterocycles. The normalized spacial score (nSPS) is 13.6. The fraction of sp³-hybridized carbons (Fsp3) is 0.250. The van der Waals surface area contributed by atoms with Crippen molar-refractivity contribution < 1.29 is 23.7 Å². The summed E-state index contributed by atoms with van der Waals surface area (Å²) in [6, 6.07) is 20.9. The zero-order valence-electron chi connectivity index (χ0n) is 19.5. The molecule has 6 heteroatoms. The van der Waals surface area contributed by atoms with Gasteiger partial charge in [0.15, 0.2) is 5.78 Å². The van der Waals surface area contributed by atoms with Gasteiger partial charge < -0.3 is 23.8 Å². The molecule has 0 atom stereocenters. The molecule has 1 heterocycles. The van der Waals surface area contributed by atoms with Crippen LogP contribution < -0.4 is 19.1 Å². The molecule has 0 bridgehead atoms. The molecule has 0 spiro atoms. The summed E-state index contributed by atoms with van der Waals surface area (Å²) in [6.07, 6.45) is 3.41. The summed E-state index contributed by atoms with van der Waals surface area (Å²) >= 11 is 0. The Labute approximate surface area is 200 Å². The van der Waals surface area contributed by atoms with Crippen LogP contribution in [-0.2, 0) is 11.3 Å². The Balaban J connectivity index is 1.41. The first-order valence-electron chi connectivity index (χ1n) is 11.3. The molecule has 0 aromatic heterocycles. The van der Waals surface area contributed by atoms with Crippen molar-refractivity contribution in [2.45, 2.75) is 6.61 Å². The van der Waals surface area contributed by atoms with Gasteiger partial charge in [-0.2, -0.15) is 0 Å². The molecule has 0 unspecified atom stereocenters. The van der Waals surface area contributed by atoms with E-state index in [9.17, 15) is 4.79 Å². The number of carbonyl (C=O) groups excluding carboxylic acids is 1. The van der Waals surface area contributed by atoms with Crippen LogP contribution in [0.25, 0.3) is 6.08 Å². The number of anilines is 1. The van der Waals surface area contributed by atoms with E-state index in [1.54, 1.807) is 20.3 Å². The Hall–Kier alpha value is -3.77. The summed E-state index contributed by atoms with van der Waals surface area (Å²) in [5.74, 6) is 2.20. The lowest BCUT2D eigenvalue weighted by atomic mass is 10.1. The predicted octanol–water partition coefficient (Wildman–Crippen LogP) is 5.02. The molecule has 4 rings (SSSR count). The highest BCUT2D eigenvalue weighted by Gasteiger charge is 2.12. The maximum atomic E-state index is 12.7. The van der Waals surface area contributed by atoms with Crippen LogP contribution in [-0.4, -0.2) is 46.3 Å². The molecule has 0 radical (unpaired) electrons. The van der Waals surface area contributed by atoms with Gasteiger partial charge in [0.1, 0.15) is 23.9 Å². The number of ketones is 1. The van der Waals surface area contributed by atoms with Crippen molar-refractivity contribution in [1.82, 2.24) is 0 Å². The summed E-state index contributed by atoms with van der Waals surface area (Å²) < 4.78 is 22.0. The largest absolute Gasteiger partial charge is 0.497 e. The lowest BCUT2D eigenvalue weighted by Gasteiger charge is -2.28. The molecule has 3 aromatic carbocycles. The van der Waals surface area contributed by atoms with Crippen LogP contribution in [0.2, 0.25) is 0 Å². The highest BCUT2D eigenvalue weighted by atomic mass is 16.5. The third-order valence-electron chi connectivity index (χ3n) is 5.71. The molecule has 0 aliphatic carbocycles. The maximum Gasteiger partial charge on any atom is 0.185 e. The number of allylic oxidation sites excluding steroid dienone is 1. The number of nitrogens with zero attached hydrogens (tertiary/aromatic N) is 1. The fourth-order valence-corrected chi connectivity index (χ4v) is 3.77. The molecular weight excluding hydrogens is 430 g/mol. The van der Waals surface area contributed by atoms with Crippen molar-refractivity contribution in [3.63, 3.8) is 0 Å². The van der Waals surface area contributed by atoms with Gasteiger partial charge in [-0.3, -0.25) is 4.79 Å². The Bertz CT molecular complexity index is 1120. The summed E-state index contributed by atoms with van der Waals surface area (Å²) in [4.78, 5) is 15.0. The summed E-state index contributed by atoms with van der Waals surface area (Å²) in [7, 11) is 3.26. The van der Waals surface area contributed by atoms with E-state index < -0.39 is 0 Å². The molecule has 1 aliphatic rings. The van der Waals surface area contributed by atoms with Gasteiger partial charge >= 0.3 is 0 Å². The van der Waals surface area contributed by atoms with Gasteiger partial charge in [-0.05, 0) is 72.3 Å². The van der Waals surface area contributed by atoms with Crippen LogP contribution in [0.1, 0.15) is 21.5 Å². The van der Waals surface area contributed by atoms with E-state index in [1.807, 2.05) is 72.8 Å². The van der Waals surface area contributed by atoms with Crippen LogP contribution in [0.15, 0.2) is 72.8 Å². The first kappa shape index (κ1) is 23.4. The number of carbonyl (C=O) groups is 1. The van der Waals surface area contributed by atoms with Crippen molar-refractivity contribution in [2.75, 3.05) is 45.4 Å². The molecule has 0 N–H and O–H groups in total. The van der Waals surface area contributed by atoms with Gasteiger partial charge in [0, 0.05) is 29.9 Å². The van der Waals surface area contributed by atoms with E-state index >= 15 is 0 Å². The second-order valence-corrected chi connectivity index (χ2v) is 7.88. The van der Waals surface area contributed by atoms with Crippen molar-refractivity contribution in [2.24, 2.45) is 0 Å². The molecule has 1 fully saturated rings. The van der Waals surface area contributed by atoms with Crippen LogP contribution in [0.3, 0.4) is 0 Å². The smallest absolute Gasteiger partial charge is 0.185 e. The van der Waals surface area contributed by atoms with Crippen LogP contribution >= 0.6 is 0 Å². The SMILES string of the molecule is COc1ccc(OCc2cc(/C=C/C(=O)c3ccc(N4CCOCC4)cc3)ccc2OC)cc1.